The summed E-state index contributed by atoms with van der Waals surface area (Å²) in [6.45, 7) is 3.11. The van der Waals surface area contributed by atoms with E-state index >= 15 is 0 Å². The van der Waals surface area contributed by atoms with E-state index in [-0.39, 0.29) is 50.7 Å². The molecule has 0 radical (unpaired) electrons. The number of nitrogens with zero attached hydrogens (tertiary/aromatic N) is 2. The minimum Gasteiger partial charge on any atom is -0.481 e. The van der Waals surface area contributed by atoms with Crippen LogP contribution in [0.25, 0.3) is 0 Å². The van der Waals surface area contributed by atoms with E-state index in [9.17, 15) is 33.6 Å². The second kappa shape index (κ2) is 16.3. The van der Waals surface area contributed by atoms with E-state index in [2.05, 4.69) is 21.3 Å². The molecule has 0 unspecified atom stereocenters. The first-order valence-electron chi connectivity index (χ1n) is 12.7. The number of rotatable bonds is 16. The van der Waals surface area contributed by atoms with Gasteiger partial charge in [0.2, 0.25) is 17.7 Å². The molecular formula is C25H34N6O9. The van der Waals surface area contributed by atoms with Crippen LogP contribution in [0.3, 0.4) is 0 Å². The van der Waals surface area contributed by atoms with Gasteiger partial charge in [0.05, 0.1) is 13.0 Å². The molecule has 1 saturated heterocycles. The zero-order valence-corrected chi connectivity index (χ0v) is 22.1. The molecule has 0 aromatic carbocycles. The van der Waals surface area contributed by atoms with Crippen molar-refractivity contribution in [2.75, 3.05) is 38.1 Å². The Labute approximate surface area is 229 Å². The Morgan fingerprint density at radius 2 is 1.95 bits per heavy atom. The molecule has 1 atom stereocenters. The minimum atomic E-state index is -1.18. The summed E-state index contributed by atoms with van der Waals surface area (Å²) in [4.78, 5) is 85.7. The average Bonchev–Trinajstić information content (AvgIpc) is 3.31. The molecule has 1 aliphatic rings. The van der Waals surface area contributed by atoms with Crippen molar-refractivity contribution in [3.63, 3.8) is 0 Å². The molecule has 1 aromatic heterocycles. The number of nitrogens with one attached hydrogen (secondary N) is 4. The molecule has 2 rings (SSSR count). The van der Waals surface area contributed by atoms with E-state index < -0.39 is 47.7 Å². The maximum atomic E-state index is 13.0. The highest BCUT2D eigenvalue weighted by Crippen LogP contribution is 2.06. The van der Waals surface area contributed by atoms with Gasteiger partial charge in [-0.05, 0) is 31.9 Å². The van der Waals surface area contributed by atoms with Gasteiger partial charge < -0.3 is 40.6 Å². The quantitative estimate of drug-likeness (QED) is 0.126. The molecule has 218 valence electrons. The Morgan fingerprint density at radius 3 is 2.62 bits per heavy atom. The fourth-order valence-corrected chi connectivity index (χ4v) is 3.63. The van der Waals surface area contributed by atoms with E-state index in [0.717, 1.165) is 4.57 Å². The summed E-state index contributed by atoms with van der Waals surface area (Å²) in [5, 5.41) is 19.0. The van der Waals surface area contributed by atoms with Gasteiger partial charge in [-0.2, -0.15) is 0 Å². The van der Waals surface area contributed by atoms with Gasteiger partial charge >= 0.3 is 18.0 Å². The van der Waals surface area contributed by atoms with Crippen molar-refractivity contribution in [1.82, 2.24) is 25.4 Å². The van der Waals surface area contributed by atoms with E-state index in [1.165, 1.54) is 30.5 Å². The molecule has 1 aromatic rings. The first kappa shape index (κ1) is 31.5. The van der Waals surface area contributed by atoms with E-state index in [4.69, 9.17) is 9.84 Å². The van der Waals surface area contributed by atoms with Gasteiger partial charge in [0.25, 0.3) is 5.56 Å². The van der Waals surface area contributed by atoms with Crippen LogP contribution in [0.4, 0.5) is 10.5 Å². The van der Waals surface area contributed by atoms with Crippen molar-refractivity contribution in [1.29, 1.82) is 0 Å². The highest BCUT2D eigenvalue weighted by molar-refractivity contribution is 5.97. The molecule has 5 N–H and O–H groups in total. The van der Waals surface area contributed by atoms with E-state index in [0.29, 0.717) is 19.6 Å². The Kier molecular flexibility index (Phi) is 12.9. The number of aliphatic carboxylic acids is 1. The van der Waals surface area contributed by atoms with Crippen molar-refractivity contribution in [2.24, 2.45) is 0 Å². The van der Waals surface area contributed by atoms with Gasteiger partial charge in [0.1, 0.15) is 18.3 Å². The van der Waals surface area contributed by atoms with Crippen LogP contribution in [0, 0.1) is 0 Å². The van der Waals surface area contributed by atoms with Gasteiger partial charge in [-0.1, -0.05) is 6.08 Å². The number of carboxylic acids is 1. The smallest absolute Gasteiger partial charge is 0.330 e. The SMILES string of the molecule is CCOC(=O)C=CCC[C@H](NC(=O)CCC(=O)O)C(=O)Nc1cccn(CC(=O)NCCN2CCNC2=O)c1=O. The van der Waals surface area contributed by atoms with Gasteiger partial charge in [-0.15, -0.1) is 0 Å². The lowest BCUT2D eigenvalue weighted by atomic mass is 10.1. The summed E-state index contributed by atoms with van der Waals surface area (Å²) >= 11 is 0. The lowest BCUT2D eigenvalue weighted by Gasteiger charge is -2.18. The highest BCUT2D eigenvalue weighted by atomic mass is 16.5. The van der Waals surface area contributed by atoms with Crippen LogP contribution in [-0.2, 0) is 35.3 Å². The van der Waals surface area contributed by atoms with Crippen LogP contribution >= 0.6 is 0 Å². The maximum Gasteiger partial charge on any atom is 0.330 e. The molecule has 15 nitrogen and oxygen atoms in total. The van der Waals surface area contributed by atoms with Gasteiger partial charge in [-0.3, -0.25) is 24.0 Å². The monoisotopic (exact) mass is 562 g/mol. The number of aromatic nitrogens is 1. The maximum absolute atomic E-state index is 13.0. The Balaban J connectivity index is 2.01. The standard InChI is InChI=1S/C25H34N6O9/c1-2-40-22(36)8-4-3-6-17(28-19(32)9-10-21(34)35)23(37)29-18-7-5-13-31(24(18)38)16-20(33)26-11-14-30-15-12-27-25(30)39/h4-5,7-8,13,17H,2-3,6,9-12,14-16H2,1H3,(H,26,33)(H,27,39)(H,28,32)(H,29,37)(H,34,35)/t17-/m0/s1. The summed E-state index contributed by atoms with van der Waals surface area (Å²) in [6.07, 6.45) is 3.47. The second-order valence-electron chi connectivity index (χ2n) is 8.66. The van der Waals surface area contributed by atoms with Crippen LogP contribution in [-0.4, -0.2) is 89.1 Å². The molecule has 0 aliphatic carbocycles. The summed E-state index contributed by atoms with van der Waals surface area (Å²) in [6, 6.07) is 1.44. The van der Waals surface area contributed by atoms with Gasteiger partial charge in [0, 0.05) is 44.9 Å². The fraction of sp³-hybridized carbons (Fsp3) is 0.480. The molecule has 0 bridgehead atoms. The van der Waals surface area contributed by atoms with Crippen LogP contribution in [0.5, 0.6) is 0 Å². The number of hydrogen-bond acceptors (Lipinski definition) is 8. The topological polar surface area (TPSA) is 205 Å². The average molecular weight is 563 g/mol. The number of ether oxygens (including phenoxy) is 1. The first-order chi connectivity index (χ1) is 19.1. The Morgan fingerprint density at radius 1 is 1.18 bits per heavy atom. The number of esters is 1. The number of pyridine rings is 1. The largest absolute Gasteiger partial charge is 0.481 e. The number of hydrogen-bond donors (Lipinski definition) is 5. The van der Waals surface area contributed by atoms with Crippen LogP contribution < -0.4 is 26.8 Å². The minimum absolute atomic E-state index is 0.0407. The summed E-state index contributed by atoms with van der Waals surface area (Å²) in [5.74, 6) is -3.63. The van der Waals surface area contributed by atoms with Crippen molar-refractivity contribution in [2.45, 2.75) is 45.2 Å². The number of urea groups is 1. The molecule has 40 heavy (non-hydrogen) atoms. The number of allylic oxidation sites excluding steroid dienone is 1. The van der Waals surface area contributed by atoms with Crippen molar-refractivity contribution in [3.8, 4) is 0 Å². The summed E-state index contributed by atoms with van der Waals surface area (Å²) < 4.78 is 5.87. The third kappa shape index (κ3) is 11.0. The molecule has 15 heteroatoms. The molecule has 5 amide bonds. The predicted molar refractivity (Wildman–Crippen MR) is 141 cm³/mol. The number of carbonyl (C=O) groups excluding carboxylic acids is 5. The van der Waals surface area contributed by atoms with Gasteiger partial charge in [-0.25, -0.2) is 9.59 Å². The summed E-state index contributed by atoms with van der Waals surface area (Å²) in [5.41, 5.74) is -0.802. The normalized spacial score (nSPS) is 13.4. The molecule has 0 spiro atoms. The van der Waals surface area contributed by atoms with Crippen molar-refractivity contribution < 1.29 is 38.6 Å². The number of amides is 5. The highest BCUT2D eigenvalue weighted by Gasteiger charge is 2.22. The third-order valence-corrected chi connectivity index (χ3v) is 5.62. The molecule has 1 fully saturated rings. The van der Waals surface area contributed by atoms with E-state index in [1.54, 1.807) is 11.8 Å². The van der Waals surface area contributed by atoms with Crippen LogP contribution in [0.1, 0.15) is 32.6 Å². The van der Waals surface area contributed by atoms with Gasteiger partial charge in [0.15, 0.2) is 0 Å². The first-order valence-corrected chi connectivity index (χ1v) is 12.7. The summed E-state index contributed by atoms with van der Waals surface area (Å²) in [7, 11) is 0. The molecule has 1 aliphatic heterocycles. The zero-order chi connectivity index (χ0) is 29.5. The number of carboxylic acid groups (broad SMARTS) is 1. The third-order valence-electron chi connectivity index (χ3n) is 5.62. The Hall–Kier alpha value is -4.69. The lowest BCUT2D eigenvalue weighted by molar-refractivity contribution is -0.139. The van der Waals surface area contributed by atoms with Crippen LogP contribution in [0.2, 0.25) is 0 Å². The predicted octanol–water partition coefficient (Wildman–Crippen LogP) is -0.823. The fourth-order valence-electron chi connectivity index (χ4n) is 3.63. The van der Waals surface area contributed by atoms with E-state index in [1.807, 2.05) is 0 Å². The lowest BCUT2D eigenvalue weighted by Crippen LogP contribution is -2.44. The van der Waals surface area contributed by atoms with Crippen molar-refractivity contribution >= 4 is 41.4 Å². The molecule has 2 heterocycles. The van der Waals surface area contributed by atoms with Crippen molar-refractivity contribution in [3.05, 3.63) is 40.8 Å². The van der Waals surface area contributed by atoms with Crippen LogP contribution in [0.15, 0.2) is 35.3 Å². The number of carbonyl (C=O) groups is 6. The Bertz CT molecular complexity index is 1180. The zero-order valence-electron chi connectivity index (χ0n) is 22.1. The molecule has 0 saturated carbocycles. The number of anilines is 1. The second-order valence-corrected chi connectivity index (χ2v) is 8.66. The molecular weight excluding hydrogens is 528 g/mol.